The maximum absolute atomic E-state index is 4.35. The van der Waals surface area contributed by atoms with Crippen LogP contribution in [0, 0.1) is 0 Å². The van der Waals surface area contributed by atoms with Crippen molar-refractivity contribution in [1.82, 2.24) is 19.8 Å². The van der Waals surface area contributed by atoms with Crippen LogP contribution in [-0.4, -0.2) is 19.8 Å². The van der Waals surface area contributed by atoms with Gasteiger partial charge in [-0.3, -0.25) is 0 Å². The Morgan fingerprint density at radius 3 is 2.69 bits per heavy atom. The fraction of sp³-hybridized carbons (Fsp3) is 0.444. The highest BCUT2D eigenvalue weighted by Crippen LogP contribution is 2.20. The SMILES string of the molecule is CC(C)(C)c1cc2cncnn2n1. The lowest BCUT2D eigenvalue weighted by atomic mass is 9.92. The molecule has 0 atom stereocenters. The second-order valence-corrected chi connectivity index (χ2v) is 4.10. The molecule has 2 rings (SSSR count). The summed E-state index contributed by atoms with van der Waals surface area (Å²) in [5.74, 6) is 0. The van der Waals surface area contributed by atoms with Gasteiger partial charge >= 0.3 is 0 Å². The van der Waals surface area contributed by atoms with Crippen LogP contribution in [-0.2, 0) is 5.41 Å². The van der Waals surface area contributed by atoms with Gasteiger partial charge in [0.25, 0.3) is 0 Å². The summed E-state index contributed by atoms with van der Waals surface area (Å²) in [5.41, 5.74) is 2.04. The van der Waals surface area contributed by atoms with E-state index in [0.29, 0.717) is 0 Å². The molecule has 13 heavy (non-hydrogen) atoms. The van der Waals surface area contributed by atoms with Crippen molar-refractivity contribution in [3.05, 3.63) is 24.3 Å². The third-order valence-corrected chi connectivity index (χ3v) is 1.92. The van der Waals surface area contributed by atoms with E-state index in [4.69, 9.17) is 0 Å². The van der Waals surface area contributed by atoms with Gasteiger partial charge in [0.05, 0.1) is 11.9 Å². The second-order valence-electron chi connectivity index (χ2n) is 4.10. The van der Waals surface area contributed by atoms with Crippen molar-refractivity contribution in [2.45, 2.75) is 26.2 Å². The van der Waals surface area contributed by atoms with Crippen molar-refractivity contribution >= 4 is 5.52 Å². The number of aromatic nitrogens is 4. The van der Waals surface area contributed by atoms with Gasteiger partial charge in [0.15, 0.2) is 0 Å². The van der Waals surface area contributed by atoms with E-state index in [9.17, 15) is 0 Å². The number of hydrogen-bond acceptors (Lipinski definition) is 3. The van der Waals surface area contributed by atoms with Crippen molar-refractivity contribution in [1.29, 1.82) is 0 Å². The molecule has 4 heteroatoms. The van der Waals surface area contributed by atoms with Crippen molar-refractivity contribution in [3.63, 3.8) is 0 Å². The van der Waals surface area contributed by atoms with Gasteiger partial charge in [-0.1, -0.05) is 20.8 Å². The Morgan fingerprint density at radius 2 is 2.08 bits per heavy atom. The van der Waals surface area contributed by atoms with E-state index in [-0.39, 0.29) is 5.41 Å². The van der Waals surface area contributed by atoms with Gasteiger partial charge in [-0.2, -0.15) is 5.10 Å². The third-order valence-electron chi connectivity index (χ3n) is 1.92. The van der Waals surface area contributed by atoms with E-state index in [1.54, 1.807) is 10.8 Å². The Bertz CT molecular complexity index is 391. The van der Waals surface area contributed by atoms with Crippen LogP contribution in [0.3, 0.4) is 0 Å². The Morgan fingerprint density at radius 1 is 1.31 bits per heavy atom. The fourth-order valence-corrected chi connectivity index (χ4v) is 1.12. The highest BCUT2D eigenvalue weighted by Gasteiger charge is 2.17. The molecule has 0 saturated heterocycles. The minimum absolute atomic E-state index is 0.0632. The number of fused-ring (bicyclic) bond motifs is 1. The highest BCUT2D eigenvalue weighted by molar-refractivity contribution is 5.44. The lowest BCUT2D eigenvalue weighted by molar-refractivity contribution is 0.556. The first-order valence-electron chi connectivity index (χ1n) is 4.24. The first kappa shape index (κ1) is 8.16. The van der Waals surface area contributed by atoms with E-state index in [2.05, 4.69) is 36.0 Å². The summed E-state index contributed by atoms with van der Waals surface area (Å²) < 4.78 is 1.60. The lowest BCUT2D eigenvalue weighted by Gasteiger charge is -2.13. The molecular formula is C9H12N4. The van der Waals surface area contributed by atoms with Crippen LogP contribution >= 0.6 is 0 Å². The Hall–Kier alpha value is -1.45. The summed E-state index contributed by atoms with van der Waals surface area (Å²) in [7, 11) is 0. The maximum atomic E-state index is 4.35. The molecule has 0 bridgehead atoms. The second kappa shape index (κ2) is 2.52. The highest BCUT2D eigenvalue weighted by atomic mass is 15.4. The van der Waals surface area contributed by atoms with Crippen LogP contribution in [0.2, 0.25) is 0 Å². The molecule has 0 radical (unpaired) electrons. The summed E-state index contributed by atoms with van der Waals surface area (Å²) in [6, 6.07) is 2.01. The Balaban J connectivity index is 2.63. The molecule has 2 heterocycles. The molecule has 4 nitrogen and oxygen atoms in total. The van der Waals surface area contributed by atoms with Gasteiger partial charge in [0.1, 0.15) is 11.8 Å². The quantitative estimate of drug-likeness (QED) is 0.609. The molecule has 0 amide bonds. The molecule has 0 aliphatic heterocycles. The first-order valence-corrected chi connectivity index (χ1v) is 4.24. The van der Waals surface area contributed by atoms with Crippen molar-refractivity contribution < 1.29 is 0 Å². The van der Waals surface area contributed by atoms with Crippen LogP contribution < -0.4 is 0 Å². The molecule has 2 aromatic heterocycles. The summed E-state index contributed by atoms with van der Waals surface area (Å²) in [6.07, 6.45) is 3.25. The van der Waals surface area contributed by atoms with Crippen molar-refractivity contribution in [3.8, 4) is 0 Å². The van der Waals surface area contributed by atoms with Gasteiger partial charge in [0, 0.05) is 5.41 Å². The minimum atomic E-state index is 0.0632. The standard InChI is InChI=1S/C9H12N4/c1-9(2,3)8-4-7-5-10-6-11-13(7)12-8/h4-6H,1-3H3. The molecule has 0 unspecified atom stereocenters. The van der Waals surface area contributed by atoms with E-state index < -0.39 is 0 Å². The topological polar surface area (TPSA) is 43.1 Å². The van der Waals surface area contributed by atoms with Gasteiger partial charge in [-0.05, 0) is 6.07 Å². The zero-order valence-electron chi connectivity index (χ0n) is 8.02. The molecule has 0 aromatic carbocycles. The zero-order chi connectivity index (χ0) is 9.47. The van der Waals surface area contributed by atoms with E-state index in [1.165, 1.54) is 6.33 Å². The summed E-state index contributed by atoms with van der Waals surface area (Å²) in [5, 5.41) is 8.36. The molecule has 0 aliphatic rings. The summed E-state index contributed by atoms with van der Waals surface area (Å²) in [6.45, 7) is 6.38. The Labute approximate surface area is 76.6 Å². The maximum Gasteiger partial charge on any atom is 0.138 e. The largest absolute Gasteiger partial charge is 0.241 e. The summed E-state index contributed by atoms with van der Waals surface area (Å²) in [4.78, 5) is 3.94. The van der Waals surface area contributed by atoms with Gasteiger partial charge in [0.2, 0.25) is 0 Å². The van der Waals surface area contributed by atoms with E-state index in [1.807, 2.05) is 6.07 Å². The number of rotatable bonds is 0. The number of hydrogen-bond donors (Lipinski definition) is 0. The Kier molecular flexibility index (Phi) is 1.58. The number of nitrogens with zero attached hydrogens (tertiary/aromatic N) is 4. The zero-order valence-corrected chi connectivity index (χ0v) is 8.02. The van der Waals surface area contributed by atoms with E-state index >= 15 is 0 Å². The van der Waals surface area contributed by atoms with Gasteiger partial charge < -0.3 is 0 Å². The molecule has 0 fully saturated rings. The van der Waals surface area contributed by atoms with Crippen LogP contribution in [0.15, 0.2) is 18.6 Å². The fourth-order valence-electron chi connectivity index (χ4n) is 1.12. The van der Waals surface area contributed by atoms with E-state index in [0.717, 1.165) is 11.2 Å². The predicted octanol–water partition coefficient (Wildman–Crippen LogP) is 1.42. The molecule has 0 saturated carbocycles. The third kappa shape index (κ3) is 1.39. The predicted molar refractivity (Wildman–Crippen MR) is 49.5 cm³/mol. The first-order chi connectivity index (χ1) is 6.07. The molecule has 2 aromatic rings. The van der Waals surface area contributed by atoms with Crippen LogP contribution in [0.1, 0.15) is 26.5 Å². The molecule has 0 N–H and O–H groups in total. The average Bonchev–Trinajstić information content (AvgIpc) is 2.45. The van der Waals surface area contributed by atoms with Crippen LogP contribution in [0.5, 0.6) is 0 Å². The smallest absolute Gasteiger partial charge is 0.138 e. The molecule has 0 aliphatic carbocycles. The van der Waals surface area contributed by atoms with Gasteiger partial charge in [-0.15, -0.1) is 9.73 Å². The minimum Gasteiger partial charge on any atom is -0.241 e. The monoisotopic (exact) mass is 176 g/mol. The van der Waals surface area contributed by atoms with Crippen LogP contribution in [0.25, 0.3) is 5.52 Å². The van der Waals surface area contributed by atoms with Crippen molar-refractivity contribution in [2.24, 2.45) is 0 Å². The average molecular weight is 176 g/mol. The molecular weight excluding hydrogens is 164 g/mol. The summed E-state index contributed by atoms with van der Waals surface area (Å²) >= 11 is 0. The molecule has 68 valence electrons. The van der Waals surface area contributed by atoms with Crippen LogP contribution in [0.4, 0.5) is 0 Å². The van der Waals surface area contributed by atoms with Gasteiger partial charge in [-0.25, -0.2) is 4.98 Å². The molecule has 0 spiro atoms. The lowest BCUT2D eigenvalue weighted by Crippen LogP contribution is -2.12. The van der Waals surface area contributed by atoms with Crippen molar-refractivity contribution in [2.75, 3.05) is 0 Å². The normalized spacial score (nSPS) is 12.2.